The Morgan fingerprint density at radius 3 is 2.52 bits per heavy atom. The number of carbonyl (C=O) groups excluding carboxylic acids is 2. The largest absolute Gasteiger partial charge is 0.493 e. The van der Waals surface area contributed by atoms with Crippen LogP contribution in [-0.4, -0.2) is 50.9 Å². The normalized spacial score (nSPS) is 14.6. The number of aliphatic imine (C=N–C) groups is 1. The molecule has 2 amide bonds. The van der Waals surface area contributed by atoms with Crippen LogP contribution in [0.4, 0.5) is 5.69 Å². The Hall–Kier alpha value is -3.70. The van der Waals surface area contributed by atoms with E-state index in [1.807, 2.05) is 0 Å². The third-order valence-corrected chi connectivity index (χ3v) is 6.89. The Morgan fingerprint density at radius 1 is 1.00 bits per heavy atom. The Kier molecular flexibility index (Phi) is 8.51. The number of aryl methyl sites for hydroxylation is 1. The SMILES string of the molecule is O=C(NC1N=C(c2c(Cl)cc(Cl)cc2Cl)c2ccccc2NC1=O)c1cc(Cl)ccc1OCCCc1nn[nH]n1. The van der Waals surface area contributed by atoms with Gasteiger partial charge in [-0.1, -0.05) is 69.8 Å². The number of fused-ring (bicyclic) bond motifs is 1. The number of benzene rings is 3. The van der Waals surface area contributed by atoms with Crippen molar-refractivity contribution in [2.75, 3.05) is 11.9 Å². The van der Waals surface area contributed by atoms with Crippen LogP contribution in [-0.2, 0) is 11.2 Å². The predicted octanol–water partition coefficient (Wildman–Crippen LogP) is 5.37. The summed E-state index contributed by atoms with van der Waals surface area (Å²) in [5.74, 6) is -0.368. The summed E-state index contributed by atoms with van der Waals surface area (Å²) in [6.07, 6.45) is -0.243. The van der Waals surface area contributed by atoms with Gasteiger partial charge >= 0.3 is 0 Å². The van der Waals surface area contributed by atoms with Gasteiger partial charge in [0.15, 0.2) is 5.82 Å². The summed E-state index contributed by atoms with van der Waals surface area (Å²) >= 11 is 25.3. The number of H-pyrrole nitrogens is 1. The number of ether oxygens (including phenoxy) is 1. The summed E-state index contributed by atoms with van der Waals surface area (Å²) in [6, 6.07) is 14.7. The molecule has 1 aliphatic rings. The number of amides is 2. The third kappa shape index (κ3) is 6.20. The van der Waals surface area contributed by atoms with Crippen LogP contribution in [0.15, 0.2) is 59.6 Å². The molecule has 0 saturated carbocycles. The van der Waals surface area contributed by atoms with Crippen LogP contribution in [0, 0.1) is 0 Å². The first-order valence-electron chi connectivity index (χ1n) is 11.9. The number of tetrazole rings is 1. The summed E-state index contributed by atoms with van der Waals surface area (Å²) < 4.78 is 5.85. The van der Waals surface area contributed by atoms with Crippen molar-refractivity contribution in [3.8, 4) is 5.75 Å². The molecular formula is C26H19Cl4N7O3. The highest BCUT2D eigenvalue weighted by molar-refractivity contribution is 6.44. The molecule has 2 heterocycles. The highest BCUT2D eigenvalue weighted by Gasteiger charge is 2.30. The van der Waals surface area contributed by atoms with Crippen LogP contribution in [0.2, 0.25) is 20.1 Å². The fourth-order valence-corrected chi connectivity index (χ4v) is 5.20. The summed E-state index contributed by atoms with van der Waals surface area (Å²) in [7, 11) is 0. The Morgan fingerprint density at radius 2 is 1.77 bits per heavy atom. The second-order valence-corrected chi connectivity index (χ2v) is 10.2. The number of hydrogen-bond acceptors (Lipinski definition) is 7. The van der Waals surface area contributed by atoms with Crippen molar-refractivity contribution in [2.24, 2.45) is 4.99 Å². The van der Waals surface area contributed by atoms with Crippen molar-refractivity contribution in [3.63, 3.8) is 0 Å². The molecule has 0 saturated heterocycles. The highest BCUT2D eigenvalue weighted by Crippen LogP contribution is 2.34. The van der Waals surface area contributed by atoms with Gasteiger partial charge in [-0.15, -0.1) is 10.2 Å². The Labute approximate surface area is 248 Å². The number of halogens is 4. The van der Waals surface area contributed by atoms with E-state index in [1.165, 1.54) is 18.2 Å². The minimum atomic E-state index is -1.34. The fourth-order valence-electron chi connectivity index (χ4n) is 4.03. The lowest BCUT2D eigenvalue weighted by molar-refractivity contribution is -0.117. The van der Waals surface area contributed by atoms with E-state index >= 15 is 0 Å². The average molecular weight is 619 g/mol. The maximum atomic E-state index is 13.5. The number of benzodiazepines with no additional fused rings is 1. The monoisotopic (exact) mass is 617 g/mol. The fraction of sp³-hybridized carbons (Fsp3) is 0.154. The summed E-state index contributed by atoms with van der Waals surface area (Å²) in [4.78, 5) is 31.3. The van der Waals surface area contributed by atoms with Gasteiger partial charge < -0.3 is 15.4 Å². The number of rotatable bonds is 8. The lowest BCUT2D eigenvalue weighted by atomic mass is 10.0. The van der Waals surface area contributed by atoms with Gasteiger partial charge in [0, 0.05) is 27.6 Å². The quantitative estimate of drug-likeness (QED) is 0.227. The molecular weight excluding hydrogens is 600 g/mol. The molecule has 0 aliphatic carbocycles. The van der Waals surface area contributed by atoms with E-state index in [4.69, 9.17) is 51.1 Å². The zero-order valence-corrected chi connectivity index (χ0v) is 23.4. The number of aromatic amines is 1. The maximum Gasteiger partial charge on any atom is 0.269 e. The molecule has 0 fully saturated rings. The van der Waals surface area contributed by atoms with E-state index in [0.717, 1.165) is 0 Å². The number of nitrogens with zero attached hydrogens (tertiary/aromatic N) is 4. The van der Waals surface area contributed by atoms with Crippen LogP contribution in [0.3, 0.4) is 0 Å². The van der Waals surface area contributed by atoms with E-state index in [9.17, 15) is 9.59 Å². The summed E-state index contributed by atoms with van der Waals surface area (Å²) in [5.41, 5.74) is 1.82. The maximum absolute atomic E-state index is 13.5. The molecule has 0 spiro atoms. The molecule has 3 aromatic carbocycles. The molecule has 204 valence electrons. The number of nitrogens with one attached hydrogen (secondary N) is 3. The Balaban J connectivity index is 1.43. The summed E-state index contributed by atoms with van der Waals surface area (Å²) in [5, 5.41) is 20.3. The van der Waals surface area contributed by atoms with Crippen molar-refractivity contribution in [1.82, 2.24) is 25.9 Å². The molecule has 40 heavy (non-hydrogen) atoms. The lowest BCUT2D eigenvalue weighted by Crippen LogP contribution is -2.42. The third-order valence-electron chi connectivity index (χ3n) is 5.84. The van der Waals surface area contributed by atoms with Gasteiger partial charge in [-0.3, -0.25) is 9.59 Å². The number of hydrogen-bond donors (Lipinski definition) is 3. The van der Waals surface area contributed by atoms with Crippen molar-refractivity contribution < 1.29 is 14.3 Å². The first kappa shape index (κ1) is 27.9. The standard InChI is InChI=1S/C26H19Cl4N7O3/c27-13-7-8-20(40-9-3-6-21-34-36-37-35-21)16(10-13)25(38)33-24-26(39)31-19-5-2-1-4-15(19)23(32-24)22-17(29)11-14(28)12-18(22)30/h1-2,4-5,7-8,10-12,24H,3,6,9H2,(H,31,39)(H,33,38)(H,34,35,36,37). The van der Waals surface area contributed by atoms with E-state index in [1.54, 1.807) is 36.4 Å². The first-order chi connectivity index (χ1) is 19.3. The molecule has 1 aromatic heterocycles. The van der Waals surface area contributed by atoms with Gasteiger partial charge in [0.1, 0.15) is 5.75 Å². The minimum Gasteiger partial charge on any atom is -0.493 e. The molecule has 1 unspecified atom stereocenters. The van der Waals surface area contributed by atoms with Gasteiger partial charge in [-0.05, 0) is 42.8 Å². The van der Waals surface area contributed by atoms with Crippen molar-refractivity contribution >= 4 is 69.6 Å². The highest BCUT2D eigenvalue weighted by atomic mass is 35.5. The molecule has 10 nitrogen and oxygen atoms in total. The van der Waals surface area contributed by atoms with Crippen molar-refractivity contribution in [1.29, 1.82) is 0 Å². The molecule has 5 rings (SSSR count). The lowest BCUT2D eigenvalue weighted by Gasteiger charge is -2.16. The van der Waals surface area contributed by atoms with E-state index < -0.39 is 18.0 Å². The molecule has 0 bridgehead atoms. The number of carbonyl (C=O) groups is 2. The molecule has 3 N–H and O–H groups in total. The van der Waals surface area contributed by atoms with E-state index in [-0.39, 0.29) is 28.0 Å². The van der Waals surface area contributed by atoms with Crippen molar-refractivity contribution in [2.45, 2.75) is 19.0 Å². The predicted molar refractivity (Wildman–Crippen MR) is 153 cm³/mol. The molecule has 1 atom stereocenters. The molecule has 14 heteroatoms. The smallest absolute Gasteiger partial charge is 0.269 e. The van der Waals surface area contributed by atoms with Crippen LogP contribution >= 0.6 is 46.4 Å². The number of aromatic nitrogens is 4. The Bertz CT molecular complexity index is 1590. The first-order valence-corrected chi connectivity index (χ1v) is 13.4. The van der Waals surface area contributed by atoms with Gasteiger partial charge in [-0.2, -0.15) is 5.21 Å². The zero-order chi connectivity index (χ0) is 28.2. The topological polar surface area (TPSA) is 134 Å². The molecule has 4 aromatic rings. The molecule has 0 radical (unpaired) electrons. The average Bonchev–Trinajstić information content (AvgIpc) is 3.39. The van der Waals surface area contributed by atoms with E-state index in [0.29, 0.717) is 51.2 Å². The van der Waals surface area contributed by atoms with E-state index in [2.05, 4.69) is 36.3 Å². The molecule has 1 aliphatic heterocycles. The second-order valence-electron chi connectivity index (χ2n) is 8.55. The van der Waals surface area contributed by atoms with Gasteiger partial charge in [0.05, 0.1) is 33.6 Å². The van der Waals surface area contributed by atoms with Crippen LogP contribution in [0.5, 0.6) is 5.75 Å². The van der Waals surface area contributed by atoms with Crippen LogP contribution in [0.25, 0.3) is 0 Å². The number of anilines is 1. The zero-order valence-electron chi connectivity index (χ0n) is 20.4. The van der Waals surface area contributed by atoms with Crippen molar-refractivity contribution in [3.05, 3.63) is 97.2 Å². The minimum absolute atomic E-state index is 0.126. The van der Waals surface area contributed by atoms with Crippen LogP contribution in [0.1, 0.15) is 33.7 Å². The number of para-hydroxylation sites is 1. The van der Waals surface area contributed by atoms with Gasteiger partial charge in [0.2, 0.25) is 6.17 Å². The van der Waals surface area contributed by atoms with Gasteiger partial charge in [0.25, 0.3) is 11.8 Å². The second kappa shape index (κ2) is 12.2. The van der Waals surface area contributed by atoms with Crippen LogP contribution < -0.4 is 15.4 Å². The van der Waals surface area contributed by atoms with Gasteiger partial charge in [-0.25, -0.2) is 4.99 Å². The summed E-state index contributed by atoms with van der Waals surface area (Å²) in [6.45, 7) is 0.269.